The zero-order chi connectivity index (χ0) is 17.0. The molecule has 0 unspecified atom stereocenters. The van der Waals surface area contributed by atoms with Gasteiger partial charge in [0.25, 0.3) is 10.8 Å². The van der Waals surface area contributed by atoms with Gasteiger partial charge < -0.3 is 9.94 Å². The number of halogens is 1. The molecule has 116 valence electrons. The van der Waals surface area contributed by atoms with Crippen LogP contribution in [0.2, 0.25) is 5.15 Å². The molecule has 23 heavy (non-hydrogen) atoms. The zero-order valence-electron chi connectivity index (χ0n) is 11.4. The molecular formula is C14H8ClN3O5. The number of nitrogens with zero attached hydrogens (tertiary/aromatic N) is 3. The molecule has 1 heterocycles. The lowest BCUT2D eigenvalue weighted by Crippen LogP contribution is -2.36. The fourth-order valence-corrected chi connectivity index (χ4v) is 1.93. The largest absolute Gasteiger partial charge is 0.617 e. The minimum Gasteiger partial charge on any atom is -0.617 e. The van der Waals surface area contributed by atoms with Gasteiger partial charge in [0.05, 0.1) is 4.92 Å². The number of aromatic nitrogens is 1. The number of hydrogen-bond acceptors (Lipinski definition) is 6. The summed E-state index contributed by atoms with van der Waals surface area (Å²) in [5, 5.41) is 31.1. The van der Waals surface area contributed by atoms with Gasteiger partial charge in [-0.1, -0.05) is 0 Å². The Morgan fingerprint density at radius 1 is 1.30 bits per heavy atom. The molecule has 0 N–H and O–H groups in total. The SMILES string of the molecule is N#Cc1ccc(Cl)[n+]([O-])c1CC(=O)Oc1ccc([N+](=O)[O-])cc1. The Bertz CT molecular complexity index is 814. The number of nitro benzene ring substituents is 1. The molecule has 0 radical (unpaired) electrons. The van der Waals surface area contributed by atoms with Crippen LogP contribution in [-0.4, -0.2) is 10.9 Å². The summed E-state index contributed by atoms with van der Waals surface area (Å²) in [4.78, 5) is 21.8. The standard InChI is InChI=1S/C14H8ClN3O5/c15-13-6-1-9(8-16)12(17(13)20)7-14(19)23-11-4-2-10(3-5-11)18(21)22/h1-6H,7H2. The van der Waals surface area contributed by atoms with Crippen LogP contribution in [0.15, 0.2) is 36.4 Å². The molecule has 9 heteroatoms. The van der Waals surface area contributed by atoms with Gasteiger partial charge in [0.15, 0.2) is 0 Å². The van der Waals surface area contributed by atoms with Crippen LogP contribution in [0, 0.1) is 26.7 Å². The summed E-state index contributed by atoms with van der Waals surface area (Å²) in [6.07, 6.45) is -0.468. The second kappa shape index (κ2) is 6.72. The average molecular weight is 334 g/mol. The number of benzene rings is 1. The number of nitriles is 1. The van der Waals surface area contributed by atoms with Crippen molar-refractivity contribution < 1.29 is 19.2 Å². The van der Waals surface area contributed by atoms with Crippen molar-refractivity contribution in [3.63, 3.8) is 0 Å². The summed E-state index contributed by atoms with van der Waals surface area (Å²) in [7, 11) is 0. The number of esters is 1. The van der Waals surface area contributed by atoms with Crippen LogP contribution in [-0.2, 0) is 11.2 Å². The maximum atomic E-state index is 11.9. The number of carbonyl (C=O) groups excluding carboxylic acids is 1. The van der Waals surface area contributed by atoms with E-state index in [0.717, 1.165) is 0 Å². The van der Waals surface area contributed by atoms with Crippen LogP contribution in [0.1, 0.15) is 11.3 Å². The quantitative estimate of drug-likeness (QED) is 0.160. The molecule has 2 aromatic rings. The van der Waals surface area contributed by atoms with Crippen molar-refractivity contribution >= 4 is 23.3 Å². The van der Waals surface area contributed by atoms with E-state index in [0.29, 0.717) is 0 Å². The number of nitro groups is 1. The molecular weight excluding hydrogens is 326 g/mol. The molecule has 0 saturated carbocycles. The summed E-state index contributed by atoms with van der Waals surface area (Å²) in [6.45, 7) is 0. The Hall–Kier alpha value is -3.18. The van der Waals surface area contributed by atoms with Crippen molar-refractivity contribution in [1.29, 1.82) is 5.26 Å². The fraction of sp³-hybridized carbons (Fsp3) is 0.0714. The van der Waals surface area contributed by atoms with Gasteiger partial charge in [-0.15, -0.1) is 0 Å². The highest BCUT2D eigenvalue weighted by atomic mass is 35.5. The van der Waals surface area contributed by atoms with Crippen LogP contribution in [0.25, 0.3) is 0 Å². The smallest absolute Gasteiger partial charge is 0.321 e. The third-order valence-corrected chi connectivity index (χ3v) is 3.13. The molecule has 0 saturated heterocycles. The molecule has 0 spiro atoms. The van der Waals surface area contributed by atoms with Gasteiger partial charge in [0.2, 0.25) is 5.69 Å². The maximum Gasteiger partial charge on any atom is 0.321 e. The van der Waals surface area contributed by atoms with Crippen molar-refractivity contribution in [3.8, 4) is 11.8 Å². The predicted molar refractivity (Wildman–Crippen MR) is 77.6 cm³/mol. The number of non-ortho nitro benzene ring substituents is 1. The van der Waals surface area contributed by atoms with E-state index >= 15 is 0 Å². The van der Waals surface area contributed by atoms with E-state index in [4.69, 9.17) is 21.6 Å². The first-order valence-electron chi connectivity index (χ1n) is 6.18. The van der Waals surface area contributed by atoms with E-state index in [1.54, 1.807) is 6.07 Å². The predicted octanol–water partition coefficient (Wildman–Crippen LogP) is 1.90. The molecule has 1 aromatic heterocycles. The highest BCUT2D eigenvalue weighted by Crippen LogP contribution is 2.18. The number of rotatable bonds is 4. The lowest BCUT2D eigenvalue weighted by Gasteiger charge is -2.07. The highest BCUT2D eigenvalue weighted by molar-refractivity contribution is 6.28. The summed E-state index contributed by atoms with van der Waals surface area (Å²) >= 11 is 5.66. The molecule has 2 rings (SSSR count). The molecule has 0 aliphatic carbocycles. The Balaban J connectivity index is 2.16. The minimum atomic E-state index is -0.804. The number of ether oxygens (including phenoxy) is 1. The van der Waals surface area contributed by atoms with Crippen molar-refractivity contribution in [2.45, 2.75) is 6.42 Å². The summed E-state index contributed by atoms with van der Waals surface area (Å²) < 4.78 is 5.26. The average Bonchev–Trinajstić information content (AvgIpc) is 2.52. The first-order valence-corrected chi connectivity index (χ1v) is 6.56. The Morgan fingerprint density at radius 2 is 1.96 bits per heavy atom. The Labute approximate surface area is 134 Å². The lowest BCUT2D eigenvalue weighted by molar-refractivity contribution is -0.611. The monoisotopic (exact) mass is 333 g/mol. The van der Waals surface area contributed by atoms with Crippen LogP contribution in [0.4, 0.5) is 5.69 Å². The van der Waals surface area contributed by atoms with Crippen LogP contribution in [0.3, 0.4) is 0 Å². The van der Waals surface area contributed by atoms with E-state index in [2.05, 4.69) is 0 Å². The minimum absolute atomic E-state index is 0.00468. The van der Waals surface area contributed by atoms with Crippen LogP contribution < -0.4 is 9.47 Å². The van der Waals surface area contributed by atoms with Gasteiger partial charge >= 0.3 is 5.97 Å². The first-order chi connectivity index (χ1) is 10.9. The molecule has 0 bridgehead atoms. The normalized spacial score (nSPS) is 9.91. The Morgan fingerprint density at radius 3 is 2.52 bits per heavy atom. The van der Waals surface area contributed by atoms with Gasteiger partial charge in [-0.05, 0) is 29.8 Å². The Kier molecular flexibility index (Phi) is 4.73. The number of carbonyl (C=O) groups is 1. The fourth-order valence-electron chi connectivity index (χ4n) is 1.76. The third-order valence-electron chi connectivity index (χ3n) is 2.85. The summed E-state index contributed by atoms with van der Waals surface area (Å²) in [6, 6.07) is 9.23. The number of hydrogen-bond donors (Lipinski definition) is 0. The van der Waals surface area contributed by atoms with Crippen molar-refractivity contribution in [3.05, 3.63) is 68.1 Å². The molecule has 0 aliphatic rings. The first kappa shape index (κ1) is 16.2. The number of pyridine rings is 1. The highest BCUT2D eigenvalue weighted by Gasteiger charge is 2.21. The summed E-state index contributed by atoms with van der Waals surface area (Å²) in [5.74, 6) is -0.721. The second-order valence-corrected chi connectivity index (χ2v) is 4.71. The molecule has 1 aromatic carbocycles. The molecule has 0 fully saturated rings. The molecule has 0 atom stereocenters. The van der Waals surface area contributed by atoms with Crippen molar-refractivity contribution in [1.82, 2.24) is 0 Å². The van der Waals surface area contributed by atoms with Crippen LogP contribution in [0.5, 0.6) is 5.75 Å². The zero-order valence-corrected chi connectivity index (χ0v) is 12.2. The second-order valence-electron chi connectivity index (χ2n) is 4.32. The molecule has 0 amide bonds. The van der Waals surface area contributed by atoms with Gasteiger partial charge in [0, 0.05) is 18.2 Å². The topological polar surface area (TPSA) is 120 Å². The van der Waals surface area contributed by atoms with E-state index in [1.165, 1.54) is 36.4 Å². The molecule has 0 aliphatic heterocycles. The van der Waals surface area contributed by atoms with Gasteiger partial charge in [-0.25, -0.2) is 0 Å². The van der Waals surface area contributed by atoms with E-state index in [-0.39, 0.29) is 32.6 Å². The lowest BCUT2D eigenvalue weighted by atomic mass is 10.1. The van der Waals surface area contributed by atoms with Crippen molar-refractivity contribution in [2.24, 2.45) is 0 Å². The third kappa shape index (κ3) is 3.72. The van der Waals surface area contributed by atoms with E-state index < -0.39 is 17.3 Å². The van der Waals surface area contributed by atoms with Gasteiger partial charge in [0.1, 0.15) is 23.8 Å². The van der Waals surface area contributed by atoms with Gasteiger partial charge in [-0.2, -0.15) is 9.99 Å². The summed E-state index contributed by atoms with van der Waals surface area (Å²) in [5.41, 5.74) is -0.277. The van der Waals surface area contributed by atoms with Crippen LogP contribution >= 0.6 is 11.6 Å². The molecule has 8 nitrogen and oxygen atoms in total. The van der Waals surface area contributed by atoms with Crippen molar-refractivity contribution in [2.75, 3.05) is 0 Å². The maximum absolute atomic E-state index is 11.9. The van der Waals surface area contributed by atoms with Gasteiger partial charge in [-0.3, -0.25) is 14.9 Å². The van der Waals surface area contributed by atoms with E-state index in [9.17, 15) is 20.1 Å². The van der Waals surface area contributed by atoms with E-state index in [1.807, 2.05) is 0 Å².